The zero-order valence-electron chi connectivity index (χ0n) is 6.28. The van der Waals surface area contributed by atoms with Gasteiger partial charge < -0.3 is 16.0 Å². The van der Waals surface area contributed by atoms with Crippen LogP contribution in [0, 0.1) is 0 Å². The Morgan fingerprint density at radius 2 is 2.45 bits per heavy atom. The molecule has 0 fully saturated rings. The van der Waals surface area contributed by atoms with E-state index in [1.54, 1.807) is 25.2 Å². The van der Waals surface area contributed by atoms with Crippen LogP contribution >= 0.6 is 0 Å². The minimum atomic E-state index is -0.632. The molecule has 1 heterocycles. The van der Waals surface area contributed by atoms with Crippen LogP contribution in [0.1, 0.15) is 0 Å². The van der Waals surface area contributed by atoms with Crippen LogP contribution in [0.15, 0.2) is 18.3 Å². The fourth-order valence-corrected chi connectivity index (χ4v) is 0.736. The van der Waals surface area contributed by atoms with Crippen molar-refractivity contribution >= 4 is 18.6 Å². The van der Waals surface area contributed by atoms with Crippen LogP contribution in [0.3, 0.4) is 0 Å². The van der Waals surface area contributed by atoms with Gasteiger partial charge in [0.05, 0.1) is 5.69 Å². The van der Waals surface area contributed by atoms with E-state index >= 15 is 0 Å². The summed E-state index contributed by atoms with van der Waals surface area (Å²) in [6.45, 7) is 1.61. The second kappa shape index (κ2) is 3.25. The lowest BCUT2D eigenvalue weighted by atomic mass is 9.89. The minimum Gasteiger partial charge on any atom is -0.433 e. The summed E-state index contributed by atoms with van der Waals surface area (Å²) in [7, 11) is -0.632. The molecule has 0 aromatic carbocycles. The van der Waals surface area contributed by atoms with Crippen molar-refractivity contribution in [1.29, 1.82) is 0 Å². The summed E-state index contributed by atoms with van der Waals surface area (Å²) in [4.78, 5) is 3.92. The van der Waals surface area contributed by atoms with Crippen molar-refractivity contribution in [2.75, 3.05) is 11.0 Å². The fourth-order valence-electron chi connectivity index (χ4n) is 0.736. The van der Waals surface area contributed by atoms with E-state index < -0.39 is 7.05 Å². The zero-order chi connectivity index (χ0) is 8.27. The van der Waals surface area contributed by atoms with Crippen molar-refractivity contribution in [3.63, 3.8) is 0 Å². The van der Waals surface area contributed by atoms with Crippen LogP contribution in [-0.2, 0) is 0 Å². The smallest absolute Gasteiger partial charge is 0.408 e. The Balaban J connectivity index is 2.78. The van der Waals surface area contributed by atoms with Gasteiger partial charge >= 0.3 is 7.05 Å². The van der Waals surface area contributed by atoms with Gasteiger partial charge in [0.1, 0.15) is 5.82 Å². The monoisotopic (exact) mass is 151 g/mol. The van der Waals surface area contributed by atoms with Gasteiger partial charge in [-0.1, -0.05) is 0 Å². The molecular formula is C6H10BN3O. The largest absolute Gasteiger partial charge is 0.433 e. The summed E-state index contributed by atoms with van der Waals surface area (Å²) in [5.41, 5.74) is 6.07. The number of anilines is 2. The molecule has 0 atom stereocenters. The van der Waals surface area contributed by atoms with Crippen LogP contribution in [-0.4, -0.2) is 17.1 Å². The van der Waals surface area contributed by atoms with Gasteiger partial charge in [0.2, 0.25) is 0 Å². The first-order chi connectivity index (χ1) is 5.20. The summed E-state index contributed by atoms with van der Waals surface area (Å²) in [5.74, 6) is 0.516. The van der Waals surface area contributed by atoms with Crippen LogP contribution in [0.25, 0.3) is 0 Å². The lowest BCUT2D eigenvalue weighted by molar-refractivity contribution is 0.586. The van der Waals surface area contributed by atoms with Gasteiger partial charge in [0.15, 0.2) is 0 Å². The van der Waals surface area contributed by atoms with Crippen LogP contribution in [0.4, 0.5) is 11.5 Å². The van der Waals surface area contributed by atoms with Crippen molar-refractivity contribution in [2.24, 2.45) is 0 Å². The predicted octanol–water partition coefficient (Wildman–Crippen LogP) is 0.186. The molecule has 1 aromatic rings. The van der Waals surface area contributed by atoms with E-state index in [0.29, 0.717) is 11.5 Å². The number of pyridine rings is 1. The highest BCUT2D eigenvalue weighted by molar-refractivity contribution is 6.52. The van der Waals surface area contributed by atoms with Crippen molar-refractivity contribution in [1.82, 2.24) is 4.98 Å². The van der Waals surface area contributed by atoms with Crippen molar-refractivity contribution in [3.8, 4) is 0 Å². The molecule has 58 valence electrons. The molecule has 0 bridgehead atoms. The van der Waals surface area contributed by atoms with Crippen LogP contribution in [0.2, 0.25) is 6.82 Å². The second-order valence-electron chi connectivity index (χ2n) is 2.26. The summed E-state index contributed by atoms with van der Waals surface area (Å²) in [5, 5.41) is 11.6. The van der Waals surface area contributed by atoms with Gasteiger partial charge in [-0.05, 0) is 19.0 Å². The van der Waals surface area contributed by atoms with Gasteiger partial charge in [-0.25, -0.2) is 4.98 Å². The van der Waals surface area contributed by atoms with E-state index in [-0.39, 0.29) is 0 Å². The predicted molar refractivity (Wildman–Crippen MR) is 46.1 cm³/mol. The highest BCUT2D eigenvalue weighted by Crippen LogP contribution is 2.12. The summed E-state index contributed by atoms with van der Waals surface area (Å²) < 4.78 is 0. The van der Waals surface area contributed by atoms with Gasteiger partial charge in [0, 0.05) is 6.20 Å². The fraction of sp³-hybridized carbons (Fsp3) is 0.167. The lowest BCUT2D eigenvalue weighted by Gasteiger charge is -2.06. The van der Waals surface area contributed by atoms with E-state index in [1.807, 2.05) is 0 Å². The standard InChI is InChI=1S/C6H10BN3O/c1-7(11)10-6-5(8)3-2-4-9-6/h2-4,11H,8H2,1H3,(H,9,10). The molecule has 0 aliphatic carbocycles. The molecule has 0 amide bonds. The average Bonchev–Trinajstić information content (AvgIpc) is 1.93. The Kier molecular flexibility index (Phi) is 2.33. The molecule has 1 rings (SSSR count). The first-order valence-corrected chi connectivity index (χ1v) is 3.35. The van der Waals surface area contributed by atoms with E-state index in [1.165, 1.54) is 0 Å². The third kappa shape index (κ3) is 2.12. The summed E-state index contributed by atoms with van der Waals surface area (Å²) in [6, 6.07) is 3.46. The highest BCUT2D eigenvalue weighted by atomic mass is 16.2. The highest BCUT2D eigenvalue weighted by Gasteiger charge is 2.05. The Morgan fingerprint density at radius 1 is 1.73 bits per heavy atom. The molecule has 0 radical (unpaired) electrons. The van der Waals surface area contributed by atoms with Crippen molar-refractivity contribution in [3.05, 3.63) is 18.3 Å². The number of hydrogen-bond acceptors (Lipinski definition) is 4. The molecule has 0 saturated carbocycles. The first kappa shape index (κ1) is 7.88. The van der Waals surface area contributed by atoms with Gasteiger partial charge in [0.25, 0.3) is 0 Å². The Labute approximate surface area is 65.6 Å². The Hall–Kier alpha value is -1.23. The maximum absolute atomic E-state index is 8.92. The number of rotatable bonds is 2. The Morgan fingerprint density at radius 3 is 3.00 bits per heavy atom. The quantitative estimate of drug-likeness (QED) is 0.527. The van der Waals surface area contributed by atoms with Crippen LogP contribution < -0.4 is 11.0 Å². The number of nitrogens with one attached hydrogen (secondary N) is 1. The Bertz CT molecular complexity index is 241. The topological polar surface area (TPSA) is 71.2 Å². The zero-order valence-corrected chi connectivity index (χ0v) is 6.28. The van der Waals surface area contributed by atoms with E-state index in [0.717, 1.165) is 0 Å². The maximum Gasteiger partial charge on any atom is 0.408 e. The molecule has 5 heteroatoms. The third-order valence-electron chi connectivity index (χ3n) is 1.18. The average molecular weight is 151 g/mol. The van der Waals surface area contributed by atoms with E-state index in [2.05, 4.69) is 10.2 Å². The third-order valence-corrected chi connectivity index (χ3v) is 1.18. The summed E-state index contributed by atoms with van der Waals surface area (Å²) >= 11 is 0. The first-order valence-electron chi connectivity index (χ1n) is 3.35. The molecule has 11 heavy (non-hydrogen) atoms. The SMILES string of the molecule is CB(O)Nc1ncccc1N. The summed E-state index contributed by atoms with van der Waals surface area (Å²) in [6.07, 6.45) is 1.61. The molecule has 0 aliphatic rings. The molecule has 0 spiro atoms. The molecular weight excluding hydrogens is 141 g/mol. The number of nitrogens with zero attached hydrogens (tertiary/aromatic N) is 1. The number of nitrogen functional groups attached to an aromatic ring is 1. The van der Waals surface area contributed by atoms with Crippen molar-refractivity contribution < 1.29 is 5.02 Å². The molecule has 4 nitrogen and oxygen atoms in total. The number of aromatic nitrogens is 1. The second-order valence-corrected chi connectivity index (χ2v) is 2.26. The van der Waals surface area contributed by atoms with Gasteiger partial charge in [-0.15, -0.1) is 0 Å². The molecule has 1 aromatic heterocycles. The van der Waals surface area contributed by atoms with Crippen molar-refractivity contribution in [2.45, 2.75) is 6.82 Å². The van der Waals surface area contributed by atoms with E-state index in [9.17, 15) is 0 Å². The van der Waals surface area contributed by atoms with Gasteiger partial charge in [-0.3, -0.25) is 0 Å². The number of hydrogen-bond donors (Lipinski definition) is 3. The maximum atomic E-state index is 8.92. The molecule has 0 unspecified atom stereocenters. The molecule has 0 aliphatic heterocycles. The van der Waals surface area contributed by atoms with E-state index in [4.69, 9.17) is 10.8 Å². The number of nitrogens with two attached hydrogens (primary N) is 1. The lowest BCUT2D eigenvalue weighted by Crippen LogP contribution is -2.21. The molecule has 0 saturated heterocycles. The molecule has 4 N–H and O–H groups in total. The minimum absolute atomic E-state index is 0.516. The normalized spacial score (nSPS) is 9.27. The van der Waals surface area contributed by atoms with Crippen LogP contribution in [0.5, 0.6) is 0 Å². The van der Waals surface area contributed by atoms with Gasteiger partial charge in [-0.2, -0.15) is 0 Å².